The average molecular weight is 320 g/mol. The molecule has 0 spiro atoms. The third-order valence-corrected chi connectivity index (χ3v) is 4.22. The SMILES string of the molecule is Cc1ccc(OCC(=O)N(C)C(C)C)c(S(=O)(=O)Cl)c1. The van der Waals surface area contributed by atoms with Crippen molar-refractivity contribution in [2.75, 3.05) is 13.7 Å². The molecule has 0 aromatic heterocycles. The number of nitrogens with zero attached hydrogens (tertiary/aromatic N) is 1. The Morgan fingerprint density at radius 2 is 2.00 bits per heavy atom. The van der Waals surface area contributed by atoms with E-state index in [0.29, 0.717) is 0 Å². The lowest BCUT2D eigenvalue weighted by Gasteiger charge is -2.21. The number of carbonyl (C=O) groups is 1. The first-order valence-corrected chi connectivity index (χ1v) is 8.37. The number of aryl methyl sites for hydroxylation is 1. The second-order valence-corrected chi connectivity index (χ2v) is 7.31. The highest BCUT2D eigenvalue weighted by Crippen LogP contribution is 2.28. The van der Waals surface area contributed by atoms with Gasteiger partial charge in [-0.25, -0.2) is 8.42 Å². The first-order valence-electron chi connectivity index (χ1n) is 6.06. The third-order valence-electron chi connectivity index (χ3n) is 2.88. The molecule has 0 atom stereocenters. The van der Waals surface area contributed by atoms with Crippen LogP contribution < -0.4 is 4.74 Å². The molecule has 0 aliphatic heterocycles. The molecular weight excluding hydrogens is 302 g/mol. The van der Waals surface area contributed by atoms with Crippen molar-refractivity contribution in [3.63, 3.8) is 0 Å². The molecule has 1 aromatic carbocycles. The molecule has 0 unspecified atom stereocenters. The molecule has 1 amide bonds. The van der Waals surface area contributed by atoms with Gasteiger partial charge < -0.3 is 9.64 Å². The number of likely N-dealkylation sites (N-methyl/N-ethyl adjacent to an activating group) is 1. The van der Waals surface area contributed by atoms with Crippen LogP contribution in [0.4, 0.5) is 0 Å². The van der Waals surface area contributed by atoms with Gasteiger partial charge in [-0.1, -0.05) is 6.07 Å². The summed E-state index contributed by atoms with van der Waals surface area (Å²) in [5, 5.41) is 0. The Balaban J connectivity index is 2.92. The molecule has 1 aromatic rings. The Bertz CT molecular complexity index is 598. The number of rotatable bonds is 5. The van der Waals surface area contributed by atoms with Crippen LogP contribution in [0.25, 0.3) is 0 Å². The molecule has 0 N–H and O–H groups in total. The Labute approximate surface area is 123 Å². The van der Waals surface area contributed by atoms with Crippen molar-refractivity contribution >= 4 is 25.6 Å². The average Bonchev–Trinajstić information content (AvgIpc) is 2.34. The van der Waals surface area contributed by atoms with Gasteiger partial charge in [0.25, 0.3) is 15.0 Å². The van der Waals surface area contributed by atoms with Gasteiger partial charge in [0, 0.05) is 23.8 Å². The fraction of sp³-hybridized carbons (Fsp3) is 0.462. The van der Waals surface area contributed by atoms with Crippen molar-refractivity contribution in [3.05, 3.63) is 23.8 Å². The van der Waals surface area contributed by atoms with Gasteiger partial charge in [-0.05, 0) is 38.5 Å². The number of benzene rings is 1. The lowest BCUT2D eigenvalue weighted by atomic mass is 10.2. The van der Waals surface area contributed by atoms with E-state index in [9.17, 15) is 13.2 Å². The highest BCUT2D eigenvalue weighted by atomic mass is 35.7. The number of ether oxygens (including phenoxy) is 1. The van der Waals surface area contributed by atoms with Crippen molar-refractivity contribution in [2.24, 2.45) is 0 Å². The van der Waals surface area contributed by atoms with Crippen molar-refractivity contribution in [1.82, 2.24) is 4.90 Å². The fourth-order valence-corrected chi connectivity index (χ4v) is 2.51. The topological polar surface area (TPSA) is 63.7 Å². The predicted octanol–water partition coefficient (Wildman–Crippen LogP) is 2.17. The summed E-state index contributed by atoms with van der Waals surface area (Å²) in [5.41, 5.74) is 0.738. The normalized spacial score (nSPS) is 11.5. The molecule has 112 valence electrons. The molecule has 20 heavy (non-hydrogen) atoms. The Kier molecular flexibility index (Phi) is 5.42. The summed E-state index contributed by atoms with van der Waals surface area (Å²) in [5.74, 6) is -0.158. The largest absolute Gasteiger partial charge is 0.482 e. The summed E-state index contributed by atoms with van der Waals surface area (Å²) in [6.07, 6.45) is 0. The van der Waals surface area contributed by atoms with Crippen LogP contribution in [0.3, 0.4) is 0 Å². The summed E-state index contributed by atoms with van der Waals surface area (Å²) in [4.78, 5) is 13.2. The summed E-state index contributed by atoms with van der Waals surface area (Å²) in [7, 11) is 3.10. The number of halogens is 1. The molecule has 0 heterocycles. The highest BCUT2D eigenvalue weighted by molar-refractivity contribution is 8.13. The first kappa shape index (κ1) is 16.8. The Hall–Kier alpha value is -1.27. The Morgan fingerprint density at radius 3 is 2.50 bits per heavy atom. The van der Waals surface area contributed by atoms with Crippen LogP contribution in [-0.2, 0) is 13.8 Å². The van der Waals surface area contributed by atoms with E-state index in [1.165, 1.54) is 17.0 Å². The van der Waals surface area contributed by atoms with Gasteiger partial charge in [-0.15, -0.1) is 0 Å². The van der Waals surface area contributed by atoms with Crippen LogP contribution >= 0.6 is 10.7 Å². The van der Waals surface area contributed by atoms with Crippen molar-refractivity contribution in [2.45, 2.75) is 31.7 Å². The van der Waals surface area contributed by atoms with E-state index in [1.807, 2.05) is 13.8 Å². The molecule has 1 rings (SSSR count). The smallest absolute Gasteiger partial charge is 0.264 e. The van der Waals surface area contributed by atoms with Gasteiger partial charge in [0.1, 0.15) is 10.6 Å². The summed E-state index contributed by atoms with van der Waals surface area (Å²) >= 11 is 0. The zero-order chi connectivity index (χ0) is 15.5. The molecule has 0 aliphatic carbocycles. The summed E-state index contributed by atoms with van der Waals surface area (Å²) in [6.45, 7) is 5.25. The van der Waals surface area contributed by atoms with Gasteiger partial charge in [-0.3, -0.25) is 4.79 Å². The van der Waals surface area contributed by atoms with Crippen LogP contribution in [0, 0.1) is 6.92 Å². The van der Waals surface area contributed by atoms with E-state index in [4.69, 9.17) is 15.4 Å². The maximum atomic E-state index is 11.8. The van der Waals surface area contributed by atoms with Crippen molar-refractivity contribution in [1.29, 1.82) is 0 Å². The minimum atomic E-state index is -3.92. The zero-order valence-electron chi connectivity index (χ0n) is 11.9. The van der Waals surface area contributed by atoms with Crippen LogP contribution in [0.1, 0.15) is 19.4 Å². The monoisotopic (exact) mass is 319 g/mol. The summed E-state index contributed by atoms with van der Waals surface area (Å²) < 4.78 is 28.3. The molecule has 7 heteroatoms. The standard InChI is InChI=1S/C13H18ClNO4S/c1-9(2)15(4)13(16)8-19-11-6-5-10(3)7-12(11)20(14,17)18/h5-7,9H,8H2,1-4H3. The quantitative estimate of drug-likeness (QED) is 0.780. The first-order chi connectivity index (χ1) is 9.12. The minimum absolute atomic E-state index is 0.0420. The van der Waals surface area contributed by atoms with E-state index < -0.39 is 9.05 Å². The number of carbonyl (C=O) groups excluding carboxylic acids is 1. The highest BCUT2D eigenvalue weighted by Gasteiger charge is 2.19. The molecule has 0 radical (unpaired) electrons. The maximum absolute atomic E-state index is 11.8. The molecule has 0 aliphatic rings. The van der Waals surface area contributed by atoms with E-state index >= 15 is 0 Å². The van der Waals surface area contributed by atoms with Crippen LogP contribution in [0.15, 0.2) is 23.1 Å². The molecular formula is C13H18ClNO4S. The second-order valence-electron chi connectivity index (χ2n) is 4.78. The van der Waals surface area contributed by atoms with Crippen LogP contribution in [0.2, 0.25) is 0 Å². The van der Waals surface area contributed by atoms with Crippen molar-refractivity contribution in [3.8, 4) is 5.75 Å². The molecule has 0 saturated carbocycles. The van der Waals surface area contributed by atoms with Crippen LogP contribution in [-0.4, -0.2) is 38.9 Å². The molecule has 0 fully saturated rings. The number of hydrogen-bond donors (Lipinski definition) is 0. The number of amides is 1. The van der Waals surface area contributed by atoms with Crippen LogP contribution in [0.5, 0.6) is 5.75 Å². The number of hydrogen-bond acceptors (Lipinski definition) is 4. The van der Waals surface area contributed by atoms with Gasteiger partial charge in [0.2, 0.25) is 0 Å². The van der Waals surface area contributed by atoms with E-state index in [-0.39, 0.29) is 29.2 Å². The maximum Gasteiger partial charge on any atom is 0.264 e. The van der Waals surface area contributed by atoms with Crippen molar-refractivity contribution < 1.29 is 17.9 Å². The lowest BCUT2D eigenvalue weighted by molar-refractivity contribution is -0.133. The van der Waals surface area contributed by atoms with Gasteiger partial charge in [0.15, 0.2) is 6.61 Å². The van der Waals surface area contributed by atoms with Gasteiger partial charge >= 0.3 is 0 Å². The minimum Gasteiger partial charge on any atom is -0.482 e. The molecule has 5 nitrogen and oxygen atoms in total. The van der Waals surface area contributed by atoms with Gasteiger partial charge in [-0.2, -0.15) is 0 Å². The fourth-order valence-electron chi connectivity index (χ4n) is 1.45. The van der Waals surface area contributed by atoms with E-state index in [1.54, 1.807) is 20.0 Å². The van der Waals surface area contributed by atoms with E-state index in [0.717, 1.165) is 5.56 Å². The second kappa shape index (κ2) is 6.45. The van der Waals surface area contributed by atoms with E-state index in [2.05, 4.69) is 0 Å². The lowest BCUT2D eigenvalue weighted by Crippen LogP contribution is -2.36. The summed E-state index contributed by atoms with van der Waals surface area (Å²) in [6, 6.07) is 4.64. The Morgan fingerprint density at radius 1 is 1.40 bits per heavy atom. The molecule has 0 saturated heterocycles. The molecule has 0 bridgehead atoms. The van der Waals surface area contributed by atoms with Gasteiger partial charge in [0.05, 0.1) is 0 Å². The predicted molar refractivity (Wildman–Crippen MR) is 77.6 cm³/mol. The third kappa shape index (κ3) is 4.38. The zero-order valence-corrected chi connectivity index (χ0v) is 13.5.